The number of rotatable bonds is 10. The van der Waals surface area contributed by atoms with Gasteiger partial charge in [0.15, 0.2) is 11.5 Å². The third kappa shape index (κ3) is 8.79. The highest BCUT2D eigenvalue weighted by Crippen LogP contribution is 2.34. The van der Waals surface area contributed by atoms with Gasteiger partial charge < -0.3 is 24.0 Å². The Balaban J connectivity index is 0.854. The first-order chi connectivity index (χ1) is 25.4. The molecule has 0 saturated carbocycles. The van der Waals surface area contributed by atoms with Crippen LogP contribution in [-0.4, -0.2) is 75.2 Å². The van der Waals surface area contributed by atoms with Crippen LogP contribution in [0.15, 0.2) is 83.9 Å². The zero-order valence-electron chi connectivity index (χ0n) is 29.1. The summed E-state index contributed by atoms with van der Waals surface area (Å²) in [6.07, 6.45) is -0.963. The number of fused-ring (bicyclic) bond motifs is 1. The number of benzene rings is 3. The van der Waals surface area contributed by atoms with Crippen LogP contribution in [0.5, 0.6) is 23.1 Å². The second-order valence-electron chi connectivity index (χ2n) is 13.5. The lowest BCUT2D eigenvalue weighted by Crippen LogP contribution is -2.48. The molecule has 0 unspecified atom stereocenters. The molecule has 0 radical (unpaired) electrons. The number of amides is 1. The molecule has 11 nitrogen and oxygen atoms in total. The van der Waals surface area contributed by atoms with Gasteiger partial charge in [0.25, 0.3) is 10.0 Å². The molecule has 15 heteroatoms. The summed E-state index contributed by atoms with van der Waals surface area (Å²) in [6.45, 7) is 7.84. The molecule has 2 fully saturated rings. The Morgan fingerprint density at radius 2 is 1.64 bits per heavy atom. The van der Waals surface area contributed by atoms with Crippen LogP contribution in [0.1, 0.15) is 36.0 Å². The van der Waals surface area contributed by atoms with E-state index in [-0.39, 0.29) is 29.2 Å². The summed E-state index contributed by atoms with van der Waals surface area (Å²) in [7, 11) is -4.09. The van der Waals surface area contributed by atoms with E-state index >= 15 is 0 Å². The number of pyridine rings is 1. The van der Waals surface area contributed by atoms with Crippen molar-refractivity contribution in [2.24, 2.45) is 5.92 Å². The molecule has 3 aliphatic rings. The predicted octanol–water partition coefficient (Wildman–Crippen LogP) is 6.68. The molecule has 0 bridgehead atoms. The van der Waals surface area contributed by atoms with Crippen molar-refractivity contribution in [3.8, 4) is 23.1 Å². The molecule has 0 spiro atoms. The van der Waals surface area contributed by atoms with Gasteiger partial charge in [-0.2, -0.15) is 13.2 Å². The number of anilines is 2. The van der Waals surface area contributed by atoms with Crippen LogP contribution in [0, 0.1) is 12.8 Å². The van der Waals surface area contributed by atoms with Gasteiger partial charge in [-0.25, -0.2) is 13.4 Å². The van der Waals surface area contributed by atoms with Gasteiger partial charge in [0, 0.05) is 69.7 Å². The lowest BCUT2D eigenvalue weighted by Gasteiger charge is -2.37. The minimum Gasteiger partial charge on any atom is -0.454 e. The van der Waals surface area contributed by atoms with Crippen molar-refractivity contribution in [1.29, 1.82) is 0 Å². The molecule has 7 rings (SSSR count). The lowest BCUT2D eigenvalue weighted by molar-refractivity contribution is -0.137. The fourth-order valence-corrected chi connectivity index (χ4v) is 7.81. The third-order valence-corrected chi connectivity index (χ3v) is 11.2. The Hall–Kier alpha value is -5.02. The minimum atomic E-state index is -4.52. The zero-order valence-corrected chi connectivity index (χ0v) is 30.0. The normalized spacial score (nSPS) is 16.8. The lowest BCUT2D eigenvalue weighted by atomic mass is 9.92. The van der Waals surface area contributed by atoms with Gasteiger partial charge in [-0.3, -0.25) is 14.4 Å². The highest BCUT2D eigenvalue weighted by molar-refractivity contribution is 7.92. The number of hydrogen-bond acceptors (Lipinski definition) is 9. The summed E-state index contributed by atoms with van der Waals surface area (Å²) in [6, 6.07) is 18.4. The summed E-state index contributed by atoms with van der Waals surface area (Å²) in [4.78, 5) is 23.9. The SMILES string of the molecule is Cc1cc(N2CCC(CC(=O)N3CCN(Cc4ccc5c(c4)OCO5)CC3)CC2)ccc1Oc1ccc(S(=O)(=O)Nc2ccc(C(F)(F)F)cc2)cn1. The molecule has 53 heavy (non-hydrogen) atoms. The number of piperidine rings is 1. The van der Waals surface area contributed by atoms with Crippen molar-refractivity contribution >= 4 is 27.3 Å². The van der Waals surface area contributed by atoms with E-state index in [1.807, 2.05) is 42.2 Å². The van der Waals surface area contributed by atoms with E-state index in [0.29, 0.717) is 18.1 Å². The number of carbonyl (C=O) groups is 1. The first-order valence-corrected chi connectivity index (χ1v) is 19.0. The van der Waals surface area contributed by atoms with Gasteiger partial charge in [-0.1, -0.05) is 6.07 Å². The van der Waals surface area contributed by atoms with Gasteiger partial charge in [-0.15, -0.1) is 0 Å². The van der Waals surface area contributed by atoms with Crippen LogP contribution in [0.3, 0.4) is 0 Å². The Morgan fingerprint density at radius 1 is 0.906 bits per heavy atom. The number of aryl methyl sites for hydroxylation is 1. The molecule has 3 aromatic carbocycles. The van der Waals surface area contributed by atoms with Crippen molar-refractivity contribution in [1.82, 2.24) is 14.8 Å². The largest absolute Gasteiger partial charge is 0.454 e. The molecule has 4 aromatic rings. The van der Waals surface area contributed by atoms with Crippen molar-refractivity contribution in [3.63, 3.8) is 0 Å². The zero-order chi connectivity index (χ0) is 37.2. The predicted molar refractivity (Wildman–Crippen MR) is 192 cm³/mol. The van der Waals surface area contributed by atoms with Crippen molar-refractivity contribution in [2.75, 3.05) is 55.7 Å². The Morgan fingerprint density at radius 3 is 2.32 bits per heavy atom. The van der Waals surface area contributed by atoms with E-state index in [9.17, 15) is 26.4 Å². The third-order valence-electron chi connectivity index (χ3n) is 9.87. The average molecular weight is 752 g/mol. The Labute approximate surface area is 306 Å². The van der Waals surface area contributed by atoms with Crippen molar-refractivity contribution in [3.05, 3.63) is 95.7 Å². The number of sulfonamides is 1. The molecule has 4 heterocycles. The molecule has 3 aliphatic heterocycles. The van der Waals surface area contributed by atoms with Crippen LogP contribution in [0.2, 0.25) is 0 Å². The molecule has 2 saturated heterocycles. The van der Waals surface area contributed by atoms with Crippen LogP contribution in [0.4, 0.5) is 24.5 Å². The van der Waals surface area contributed by atoms with Gasteiger partial charge in [0.2, 0.25) is 18.6 Å². The van der Waals surface area contributed by atoms with Crippen LogP contribution >= 0.6 is 0 Å². The number of hydrogen-bond donors (Lipinski definition) is 1. The molecule has 1 aromatic heterocycles. The second-order valence-corrected chi connectivity index (χ2v) is 15.2. The maximum absolute atomic E-state index is 13.2. The fraction of sp³-hybridized carbons (Fsp3) is 0.368. The van der Waals surface area contributed by atoms with E-state index in [1.165, 1.54) is 17.7 Å². The molecule has 280 valence electrons. The monoisotopic (exact) mass is 751 g/mol. The number of nitrogens with zero attached hydrogens (tertiary/aromatic N) is 4. The maximum atomic E-state index is 13.2. The molecule has 1 amide bonds. The van der Waals surface area contributed by atoms with Gasteiger partial charge in [0.1, 0.15) is 10.6 Å². The average Bonchev–Trinajstić information content (AvgIpc) is 3.61. The minimum absolute atomic E-state index is 0.00765. The van der Waals surface area contributed by atoms with E-state index in [4.69, 9.17) is 14.2 Å². The first-order valence-electron chi connectivity index (χ1n) is 17.5. The smallest absolute Gasteiger partial charge is 0.416 e. The number of halogens is 3. The highest BCUT2D eigenvalue weighted by Gasteiger charge is 2.30. The maximum Gasteiger partial charge on any atom is 0.416 e. The van der Waals surface area contributed by atoms with E-state index in [1.54, 1.807) is 0 Å². The summed E-state index contributed by atoms with van der Waals surface area (Å²) in [5.74, 6) is 2.91. The van der Waals surface area contributed by atoms with Crippen molar-refractivity contribution in [2.45, 2.75) is 43.8 Å². The summed E-state index contributed by atoms with van der Waals surface area (Å²) >= 11 is 0. The topological polar surface area (TPSA) is 114 Å². The Bertz CT molecular complexity index is 2030. The van der Waals surface area contributed by atoms with E-state index in [0.717, 1.165) is 112 Å². The standard InChI is InChI=1S/C38H40F3N5O6S/c1-26-20-31(7-10-33(26)52-36-11-8-32(23-42-36)53(48,49)43-30-5-3-29(4-6-30)38(39,40)41)45-14-12-27(13-15-45)22-37(47)46-18-16-44(17-19-46)24-28-2-9-34-35(21-28)51-25-50-34/h2-11,20-21,23,27,43H,12-19,22,24-25H2,1H3. The Kier molecular flexibility index (Phi) is 10.4. The van der Waals surface area contributed by atoms with Gasteiger partial charge in [0.05, 0.1) is 11.8 Å². The van der Waals surface area contributed by atoms with E-state index in [2.05, 4.69) is 25.6 Å². The van der Waals surface area contributed by atoms with Crippen LogP contribution in [0.25, 0.3) is 0 Å². The molecule has 1 N–H and O–H groups in total. The number of ether oxygens (including phenoxy) is 3. The first kappa shape index (κ1) is 36.3. The van der Waals surface area contributed by atoms with Gasteiger partial charge in [-0.05, 0) is 97.5 Å². The van der Waals surface area contributed by atoms with Crippen LogP contribution < -0.4 is 23.8 Å². The number of alkyl halides is 3. The summed E-state index contributed by atoms with van der Waals surface area (Å²) < 4.78 is 83.2. The summed E-state index contributed by atoms with van der Waals surface area (Å²) in [5.41, 5.74) is 2.22. The molecule has 0 atom stereocenters. The number of piperazine rings is 1. The molecular formula is C38H40F3N5O6S. The molecule has 0 aliphatic carbocycles. The van der Waals surface area contributed by atoms with Crippen molar-refractivity contribution < 1.29 is 40.6 Å². The highest BCUT2D eigenvalue weighted by atomic mass is 32.2. The number of nitrogens with one attached hydrogen (secondary N) is 1. The van der Waals surface area contributed by atoms with Crippen LogP contribution in [-0.2, 0) is 27.5 Å². The number of aromatic nitrogens is 1. The fourth-order valence-electron chi connectivity index (χ4n) is 6.81. The van der Waals surface area contributed by atoms with Gasteiger partial charge >= 0.3 is 6.18 Å². The quantitative estimate of drug-likeness (QED) is 0.190. The van der Waals surface area contributed by atoms with E-state index < -0.39 is 21.8 Å². The summed E-state index contributed by atoms with van der Waals surface area (Å²) in [5, 5.41) is 0. The molecular weight excluding hydrogens is 712 g/mol. The number of carbonyl (C=O) groups excluding carboxylic acids is 1. The second kappa shape index (κ2) is 15.1.